The van der Waals surface area contributed by atoms with Crippen molar-refractivity contribution in [1.82, 2.24) is 14.9 Å². The molecule has 0 aliphatic rings. The van der Waals surface area contributed by atoms with Crippen LogP contribution in [-0.2, 0) is 11.3 Å². The number of benzene rings is 2. The van der Waals surface area contributed by atoms with Gasteiger partial charge in [-0.15, -0.1) is 11.8 Å². The summed E-state index contributed by atoms with van der Waals surface area (Å²) in [7, 11) is 0. The molecule has 0 bridgehead atoms. The van der Waals surface area contributed by atoms with E-state index in [0.29, 0.717) is 36.2 Å². The number of nitrogens with zero attached hydrogens (tertiary/aromatic N) is 2. The summed E-state index contributed by atoms with van der Waals surface area (Å²) in [6.07, 6.45) is 1.25. The second kappa shape index (κ2) is 9.75. The Morgan fingerprint density at radius 3 is 2.68 bits per heavy atom. The van der Waals surface area contributed by atoms with Crippen LogP contribution in [0, 0.1) is 0 Å². The molecule has 0 aliphatic carbocycles. The fourth-order valence-corrected chi connectivity index (χ4v) is 3.85. The van der Waals surface area contributed by atoms with Crippen molar-refractivity contribution >= 4 is 40.2 Å². The highest BCUT2D eigenvalue weighted by atomic mass is 35.5. The fraction of sp³-hybridized carbons (Fsp3) is 0.286. The first-order chi connectivity index (χ1) is 13.6. The number of halogens is 1. The van der Waals surface area contributed by atoms with Crippen LogP contribution in [-0.4, -0.2) is 33.1 Å². The van der Waals surface area contributed by atoms with E-state index in [4.69, 9.17) is 11.6 Å². The molecular formula is C21H22ClN3O2S. The van der Waals surface area contributed by atoms with E-state index in [1.807, 2.05) is 43.3 Å². The van der Waals surface area contributed by atoms with Crippen LogP contribution in [0.1, 0.15) is 25.6 Å². The van der Waals surface area contributed by atoms with Crippen molar-refractivity contribution in [2.45, 2.75) is 31.2 Å². The van der Waals surface area contributed by atoms with Gasteiger partial charge in [0, 0.05) is 22.9 Å². The van der Waals surface area contributed by atoms with Gasteiger partial charge in [0.2, 0.25) is 5.91 Å². The molecule has 0 spiro atoms. The third kappa shape index (κ3) is 5.36. The zero-order chi connectivity index (χ0) is 19.9. The van der Waals surface area contributed by atoms with Gasteiger partial charge in [0.1, 0.15) is 5.82 Å². The summed E-state index contributed by atoms with van der Waals surface area (Å²) in [5.41, 5.74) is 0.465. The summed E-state index contributed by atoms with van der Waals surface area (Å²) in [5.74, 6) is 1.43. The van der Waals surface area contributed by atoms with Crippen molar-refractivity contribution in [3.05, 3.63) is 69.7 Å². The van der Waals surface area contributed by atoms with E-state index in [2.05, 4.69) is 9.97 Å². The minimum Gasteiger partial charge on any atom is -0.336 e. The summed E-state index contributed by atoms with van der Waals surface area (Å²) in [6, 6.07) is 14.9. The summed E-state index contributed by atoms with van der Waals surface area (Å²) in [4.78, 5) is 34.9. The lowest BCUT2D eigenvalue weighted by Crippen LogP contribution is -2.31. The van der Waals surface area contributed by atoms with Crippen molar-refractivity contribution < 1.29 is 4.79 Å². The molecule has 7 heteroatoms. The van der Waals surface area contributed by atoms with E-state index in [0.717, 1.165) is 22.1 Å². The Morgan fingerprint density at radius 1 is 1.18 bits per heavy atom. The van der Waals surface area contributed by atoms with Gasteiger partial charge >= 0.3 is 0 Å². The molecule has 1 amide bonds. The lowest BCUT2D eigenvalue weighted by molar-refractivity contribution is -0.131. The maximum absolute atomic E-state index is 12.6. The molecule has 5 nitrogen and oxygen atoms in total. The highest BCUT2D eigenvalue weighted by molar-refractivity contribution is 7.99. The molecule has 0 radical (unpaired) electrons. The highest BCUT2D eigenvalue weighted by Crippen LogP contribution is 2.21. The molecule has 2 aromatic carbocycles. The third-order valence-corrected chi connectivity index (χ3v) is 5.70. The summed E-state index contributed by atoms with van der Waals surface area (Å²) >= 11 is 7.60. The van der Waals surface area contributed by atoms with Crippen LogP contribution in [0.3, 0.4) is 0 Å². The number of amides is 1. The molecule has 0 fully saturated rings. The first-order valence-corrected chi connectivity index (χ1v) is 10.6. The van der Waals surface area contributed by atoms with E-state index < -0.39 is 0 Å². The predicted octanol–water partition coefficient (Wildman–Crippen LogP) is 4.50. The smallest absolute Gasteiger partial charge is 0.258 e. The number of nitrogens with one attached hydrogen (secondary N) is 1. The Hall–Kier alpha value is -2.31. The third-order valence-electron chi connectivity index (χ3n) is 4.35. The Morgan fingerprint density at radius 2 is 1.93 bits per heavy atom. The van der Waals surface area contributed by atoms with Crippen molar-refractivity contribution in [2.75, 3.05) is 12.3 Å². The molecule has 28 heavy (non-hydrogen) atoms. The van der Waals surface area contributed by atoms with Crippen LogP contribution in [0.2, 0.25) is 5.02 Å². The van der Waals surface area contributed by atoms with E-state index in [9.17, 15) is 9.59 Å². The van der Waals surface area contributed by atoms with E-state index >= 15 is 0 Å². The van der Waals surface area contributed by atoms with Gasteiger partial charge in [0.25, 0.3) is 5.56 Å². The topological polar surface area (TPSA) is 66.1 Å². The molecule has 3 aromatic rings. The first kappa shape index (κ1) is 20.4. The molecule has 146 valence electrons. The summed E-state index contributed by atoms with van der Waals surface area (Å²) in [6.45, 7) is 2.80. The molecule has 3 rings (SSSR count). The van der Waals surface area contributed by atoms with Gasteiger partial charge in [0.15, 0.2) is 0 Å². The Balaban J connectivity index is 1.55. The van der Waals surface area contributed by atoms with E-state index in [1.165, 1.54) is 0 Å². The maximum Gasteiger partial charge on any atom is 0.258 e. The summed E-state index contributed by atoms with van der Waals surface area (Å²) in [5, 5.41) is 1.28. The van der Waals surface area contributed by atoms with E-state index in [1.54, 1.807) is 28.8 Å². The van der Waals surface area contributed by atoms with Gasteiger partial charge < -0.3 is 9.88 Å². The van der Waals surface area contributed by atoms with Crippen LogP contribution in [0.5, 0.6) is 0 Å². The molecule has 0 saturated carbocycles. The number of hydrogen-bond acceptors (Lipinski definition) is 4. The van der Waals surface area contributed by atoms with Gasteiger partial charge in [-0.25, -0.2) is 4.98 Å². The number of H-pyrrole nitrogens is 1. The Labute approximate surface area is 173 Å². The predicted molar refractivity (Wildman–Crippen MR) is 115 cm³/mol. The van der Waals surface area contributed by atoms with Crippen LogP contribution in [0.25, 0.3) is 10.9 Å². The number of hydrogen-bond donors (Lipinski definition) is 1. The second-order valence-electron chi connectivity index (χ2n) is 6.34. The van der Waals surface area contributed by atoms with Crippen molar-refractivity contribution in [3.63, 3.8) is 0 Å². The average Bonchev–Trinajstić information content (AvgIpc) is 2.70. The van der Waals surface area contributed by atoms with Gasteiger partial charge in [-0.3, -0.25) is 9.59 Å². The molecule has 0 saturated heterocycles. The number of fused-ring (bicyclic) bond motifs is 1. The number of para-hydroxylation sites is 1. The molecule has 1 heterocycles. The quantitative estimate of drug-likeness (QED) is 0.434. The maximum atomic E-state index is 12.6. The molecule has 1 N–H and O–H groups in total. The van der Waals surface area contributed by atoms with Crippen molar-refractivity contribution in [3.8, 4) is 0 Å². The zero-order valence-corrected chi connectivity index (χ0v) is 17.2. The molecule has 0 atom stereocenters. The number of carbonyl (C=O) groups is 1. The van der Waals surface area contributed by atoms with Crippen LogP contribution >= 0.6 is 23.4 Å². The van der Waals surface area contributed by atoms with Gasteiger partial charge in [-0.2, -0.15) is 0 Å². The lowest BCUT2D eigenvalue weighted by Gasteiger charge is -2.20. The molecule has 0 unspecified atom stereocenters. The number of carbonyl (C=O) groups excluding carboxylic acids is 1. The monoisotopic (exact) mass is 415 g/mol. The fourth-order valence-electron chi connectivity index (χ4n) is 2.87. The zero-order valence-electron chi connectivity index (χ0n) is 15.7. The summed E-state index contributed by atoms with van der Waals surface area (Å²) < 4.78 is 0. The Kier molecular flexibility index (Phi) is 7.12. The average molecular weight is 416 g/mol. The lowest BCUT2D eigenvalue weighted by atomic mass is 10.2. The standard InChI is InChI=1S/C21H22ClN3O2S/c1-2-25(14-19-23-18-7-4-3-6-17(18)21(27)24-19)20(26)8-5-13-28-16-11-9-15(22)10-12-16/h3-4,6-7,9-12H,2,5,8,13-14H2,1H3,(H,23,24,27). The van der Waals surface area contributed by atoms with Crippen molar-refractivity contribution in [1.29, 1.82) is 0 Å². The van der Waals surface area contributed by atoms with Crippen LogP contribution in [0.4, 0.5) is 0 Å². The Bertz CT molecular complexity index is 1000. The highest BCUT2D eigenvalue weighted by Gasteiger charge is 2.14. The molecule has 1 aromatic heterocycles. The minimum atomic E-state index is -0.177. The number of thioether (sulfide) groups is 1. The number of rotatable bonds is 8. The second-order valence-corrected chi connectivity index (χ2v) is 7.95. The van der Waals surface area contributed by atoms with Crippen molar-refractivity contribution in [2.24, 2.45) is 0 Å². The minimum absolute atomic E-state index is 0.0648. The van der Waals surface area contributed by atoms with Crippen LogP contribution in [0.15, 0.2) is 58.2 Å². The van der Waals surface area contributed by atoms with Gasteiger partial charge in [-0.1, -0.05) is 23.7 Å². The largest absolute Gasteiger partial charge is 0.336 e. The van der Waals surface area contributed by atoms with E-state index in [-0.39, 0.29) is 11.5 Å². The molecule has 0 aliphatic heterocycles. The number of aromatic amines is 1. The first-order valence-electron chi connectivity index (χ1n) is 9.21. The van der Waals surface area contributed by atoms with Crippen LogP contribution < -0.4 is 5.56 Å². The molecular weight excluding hydrogens is 394 g/mol. The van der Waals surface area contributed by atoms with Gasteiger partial charge in [-0.05, 0) is 55.5 Å². The number of aromatic nitrogens is 2. The SMILES string of the molecule is CCN(Cc1nc2ccccc2c(=O)[nH]1)C(=O)CCCSc1ccc(Cl)cc1. The van der Waals surface area contributed by atoms with Gasteiger partial charge in [0.05, 0.1) is 17.4 Å². The normalized spacial score (nSPS) is 10.9.